The summed E-state index contributed by atoms with van der Waals surface area (Å²) in [5.41, 5.74) is 0. The van der Waals surface area contributed by atoms with Crippen molar-refractivity contribution in [2.45, 2.75) is 55.3 Å². The van der Waals surface area contributed by atoms with E-state index in [-0.39, 0.29) is 24.0 Å². The van der Waals surface area contributed by atoms with Gasteiger partial charge < -0.3 is 44.5 Å². The summed E-state index contributed by atoms with van der Waals surface area (Å²) >= 11 is 0. The molecule has 9 nitrogen and oxygen atoms in total. The molecular weight excluding hydrogens is 312 g/mol. The Kier molecular flexibility index (Phi) is 3.86. The summed E-state index contributed by atoms with van der Waals surface area (Å²) < 4.78 is 21.8. The molecule has 9 heteroatoms. The van der Waals surface area contributed by atoms with Crippen molar-refractivity contribution in [2.24, 2.45) is 11.8 Å². The second-order valence-electron chi connectivity index (χ2n) is 6.38. The quantitative estimate of drug-likeness (QED) is 0.343. The van der Waals surface area contributed by atoms with E-state index in [0.717, 1.165) is 0 Å². The first-order valence-corrected chi connectivity index (χ1v) is 7.64. The van der Waals surface area contributed by atoms with E-state index in [0.29, 0.717) is 0 Å². The summed E-state index contributed by atoms with van der Waals surface area (Å²) in [5, 5.41) is 48.9. The van der Waals surface area contributed by atoms with Crippen LogP contribution < -0.4 is 0 Å². The van der Waals surface area contributed by atoms with E-state index in [2.05, 4.69) is 0 Å². The van der Waals surface area contributed by atoms with E-state index in [9.17, 15) is 25.5 Å². The predicted molar refractivity (Wildman–Crippen MR) is 70.5 cm³/mol. The zero-order valence-corrected chi connectivity index (χ0v) is 12.1. The largest absolute Gasteiger partial charge is 0.472 e. The lowest BCUT2D eigenvalue weighted by Gasteiger charge is -2.42. The number of ether oxygens (including phenoxy) is 4. The number of epoxide rings is 1. The zero-order valence-electron chi connectivity index (χ0n) is 12.1. The van der Waals surface area contributed by atoms with Gasteiger partial charge in [-0.3, -0.25) is 0 Å². The lowest BCUT2D eigenvalue weighted by Crippen LogP contribution is -2.60. The van der Waals surface area contributed by atoms with Crippen LogP contribution in [-0.2, 0) is 18.9 Å². The molecule has 0 amide bonds. The van der Waals surface area contributed by atoms with Crippen molar-refractivity contribution in [3.05, 3.63) is 12.3 Å². The minimum atomic E-state index is -1.51. The van der Waals surface area contributed by atoms with Gasteiger partial charge in [-0.25, -0.2) is 0 Å². The summed E-state index contributed by atoms with van der Waals surface area (Å²) in [7, 11) is 0. The molecule has 0 radical (unpaired) electrons. The van der Waals surface area contributed by atoms with Gasteiger partial charge in [-0.2, -0.15) is 0 Å². The lowest BCUT2D eigenvalue weighted by molar-refractivity contribution is -0.342. The molecule has 2 saturated heterocycles. The molecule has 23 heavy (non-hydrogen) atoms. The second-order valence-corrected chi connectivity index (χ2v) is 6.38. The molecule has 0 aromatic heterocycles. The monoisotopic (exact) mass is 332 g/mol. The molecule has 5 N–H and O–H groups in total. The molecule has 3 heterocycles. The molecule has 0 aromatic rings. The van der Waals surface area contributed by atoms with Crippen LogP contribution in [0.15, 0.2) is 12.3 Å². The first-order valence-electron chi connectivity index (χ1n) is 7.64. The summed E-state index contributed by atoms with van der Waals surface area (Å²) in [4.78, 5) is 0. The Labute approximate surface area is 131 Å². The van der Waals surface area contributed by atoms with Crippen LogP contribution in [0.4, 0.5) is 0 Å². The first-order chi connectivity index (χ1) is 11.0. The van der Waals surface area contributed by atoms with E-state index < -0.39 is 49.7 Å². The highest BCUT2D eigenvalue weighted by Crippen LogP contribution is 2.51. The highest BCUT2D eigenvalue weighted by atomic mass is 16.8. The van der Waals surface area contributed by atoms with Gasteiger partial charge in [-0.1, -0.05) is 0 Å². The Balaban J connectivity index is 1.48. The van der Waals surface area contributed by atoms with Gasteiger partial charge in [-0.05, 0) is 6.08 Å². The second kappa shape index (κ2) is 5.64. The van der Waals surface area contributed by atoms with Crippen LogP contribution in [0.5, 0.6) is 0 Å². The van der Waals surface area contributed by atoms with Crippen molar-refractivity contribution in [2.75, 3.05) is 6.61 Å². The third-order valence-electron chi connectivity index (χ3n) is 5.06. The molecule has 4 rings (SSSR count). The maximum Gasteiger partial charge on any atom is 0.207 e. The summed E-state index contributed by atoms with van der Waals surface area (Å²) in [6.07, 6.45) is -5.51. The fraction of sp³-hybridized carbons (Fsp3) is 0.857. The molecule has 1 aliphatic carbocycles. The Bertz CT molecular complexity index is 483. The average Bonchev–Trinajstić information content (AvgIpc) is 3.29. The van der Waals surface area contributed by atoms with Crippen LogP contribution in [0.2, 0.25) is 0 Å². The van der Waals surface area contributed by atoms with E-state index in [1.54, 1.807) is 6.08 Å². The van der Waals surface area contributed by atoms with E-state index in [1.807, 2.05) is 0 Å². The van der Waals surface area contributed by atoms with Crippen molar-refractivity contribution in [1.29, 1.82) is 0 Å². The van der Waals surface area contributed by atoms with Crippen LogP contribution in [0.3, 0.4) is 0 Å². The number of hydrogen-bond acceptors (Lipinski definition) is 9. The van der Waals surface area contributed by atoms with Gasteiger partial charge >= 0.3 is 0 Å². The normalized spacial score (nSPS) is 57.5. The minimum absolute atomic E-state index is 0.178. The fourth-order valence-corrected chi connectivity index (χ4v) is 3.70. The molecule has 4 aliphatic rings. The Morgan fingerprint density at radius 3 is 2.39 bits per heavy atom. The van der Waals surface area contributed by atoms with Gasteiger partial charge in [0.2, 0.25) is 6.29 Å². The predicted octanol–water partition coefficient (Wildman–Crippen LogP) is -2.95. The average molecular weight is 332 g/mol. The smallest absolute Gasteiger partial charge is 0.207 e. The summed E-state index contributed by atoms with van der Waals surface area (Å²) in [6, 6.07) is 0. The van der Waals surface area contributed by atoms with E-state index in [1.165, 1.54) is 6.26 Å². The molecule has 1 saturated carbocycles. The maximum atomic E-state index is 10.1. The molecule has 0 aromatic carbocycles. The van der Waals surface area contributed by atoms with Gasteiger partial charge in [0.15, 0.2) is 6.29 Å². The van der Waals surface area contributed by atoms with Crippen LogP contribution in [0, 0.1) is 11.8 Å². The zero-order chi connectivity index (χ0) is 16.3. The van der Waals surface area contributed by atoms with Gasteiger partial charge in [-0.15, -0.1) is 0 Å². The van der Waals surface area contributed by atoms with Crippen LogP contribution in [0.1, 0.15) is 0 Å². The molecule has 11 atom stereocenters. The topological polar surface area (TPSA) is 141 Å². The molecule has 3 fully saturated rings. The summed E-state index contributed by atoms with van der Waals surface area (Å²) in [6.45, 7) is -0.533. The molecule has 0 unspecified atom stereocenters. The standard InChI is InChI=1S/C14H20O9/c15-3-5-8(17)9(18)10(19)14(21-5)23-13-6-4(1-2-20-13)7(16)12-11(6)22-12/h1-2,4-19H,3H2/t4-,5-,6+,7+,8-,9+,10-,11-,12+,13+,14+/m0/s1. The Hall–Kier alpha value is -0.780. The Morgan fingerprint density at radius 2 is 1.65 bits per heavy atom. The van der Waals surface area contributed by atoms with Crippen LogP contribution in [-0.4, -0.2) is 87.4 Å². The number of hydrogen-bond donors (Lipinski definition) is 5. The van der Waals surface area contributed by atoms with Crippen molar-refractivity contribution < 1.29 is 44.5 Å². The number of aliphatic hydroxyl groups excluding tert-OH is 5. The fourth-order valence-electron chi connectivity index (χ4n) is 3.70. The van der Waals surface area contributed by atoms with Gasteiger partial charge in [0.05, 0.1) is 31.0 Å². The van der Waals surface area contributed by atoms with Crippen molar-refractivity contribution >= 4 is 0 Å². The van der Waals surface area contributed by atoms with Crippen LogP contribution in [0.25, 0.3) is 0 Å². The highest BCUT2D eigenvalue weighted by Gasteiger charge is 2.65. The third kappa shape index (κ3) is 2.39. The summed E-state index contributed by atoms with van der Waals surface area (Å²) in [5.74, 6) is -0.435. The number of fused-ring (bicyclic) bond motifs is 3. The van der Waals surface area contributed by atoms with E-state index in [4.69, 9.17) is 18.9 Å². The lowest BCUT2D eigenvalue weighted by atomic mass is 9.91. The molecular formula is C14H20O9. The SMILES string of the molecule is OC[C@@H]1O[C@H](O[C@H]2OC=C[C@@H]3[C@@H](O)[C@H]4O[C@H]4[C@H]23)[C@@H](O)[C@H](O)[C@H]1O. The first kappa shape index (κ1) is 15.7. The van der Waals surface area contributed by atoms with Gasteiger partial charge in [0.1, 0.15) is 30.5 Å². The number of aliphatic hydroxyl groups is 5. The third-order valence-corrected chi connectivity index (χ3v) is 5.06. The highest BCUT2D eigenvalue weighted by molar-refractivity contribution is 5.16. The van der Waals surface area contributed by atoms with Crippen molar-refractivity contribution in [3.8, 4) is 0 Å². The minimum Gasteiger partial charge on any atom is -0.472 e. The Morgan fingerprint density at radius 1 is 0.870 bits per heavy atom. The molecule has 0 spiro atoms. The van der Waals surface area contributed by atoms with Gasteiger partial charge in [0, 0.05) is 5.92 Å². The number of rotatable bonds is 3. The molecule has 0 bridgehead atoms. The molecule has 3 aliphatic heterocycles. The maximum absolute atomic E-state index is 10.1. The van der Waals surface area contributed by atoms with Crippen molar-refractivity contribution in [3.63, 3.8) is 0 Å². The molecule has 130 valence electrons. The van der Waals surface area contributed by atoms with E-state index >= 15 is 0 Å². The van der Waals surface area contributed by atoms with Crippen LogP contribution >= 0.6 is 0 Å². The van der Waals surface area contributed by atoms with Gasteiger partial charge in [0.25, 0.3) is 0 Å². The van der Waals surface area contributed by atoms with Crippen molar-refractivity contribution in [1.82, 2.24) is 0 Å².